The summed E-state index contributed by atoms with van der Waals surface area (Å²) in [5.41, 5.74) is 1.17. The van der Waals surface area contributed by atoms with E-state index in [-0.39, 0.29) is 30.3 Å². The molecule has 7 nitrogen and oxygen atoms in total. The van der Waals surface area contributed by atoms with Gasteiger partial charge in [-0.2, -0.15) is 0 Å². The second kappa shape index (κ2) is 8.31. The molecule has 0 unspecified atom stereocenters. The third-order valence-electron chi connectivity index (χ3n) is 5.26. The second-order valence-corrected chi connectivity index (χ2v) is 8.21. The van der Waals surface area contributed by atoms with Crippen LogP contribution in [0.4, 0.5) is 5.69 Å². The number of nitrogens with zero attached hydrogens (tertiary/aromatic N) is 3. The first-order valence-corrected chi connectivity index (χ1v) is 10.9. The van der Waals surface area contributed by atoms with Crippen molar-refractivity contribution in [1.82, 2.24) is 14.9 Å². The topological polar surface area (TPSA) is 86.4 Å². The molecule has 0 saturated carbocycles. The van der Waals surface area contributed by atoms with Crippen LogP contribution in [0.2, 0.25) is 0 Å². The molecule has 8 heteroatoms. The highest BCUT2D eigenvalue weighted by molar-refractivity contribution is 7.98. The van der Waals surface area contributed by atoms with Gasteiger partial charge in [0.05, 0.1) is 23.4 Å². The molecule has 0 spiro atoms. The Morgan fingerprint density at radius 1 is 1.23 bits per heavy atom. The number of aromatic amines is 1. The number of aromatic nitrogens is 2. The minimum Gasteiger partial charge on any atom is -0.338 e. The quantitative estimate of drug-likeness (QED) is 0.639. The molecule has 1 aliphatic rings. The Labute approximate surface area is 178 Å². The summed E-state index contributed by atoms with van der Waals surface area (Å²) in [6.45, 7) is 0.521. The van der Waals surface area contributed by atoms with Crippen molar-refractivity contribution in [3.05, 3.63) is 64.7 Å². The molecule has 0 radical (unpaired) electrons. The molecular weight excluding hydrogens is 400 g/mol. The molecule has 1 fully saturated rings. The minimum atomic E-state index is -0.424. The normalized spacial score (nSPS) is 16.3. The van der Waals surface area contributed by atoms with Gasteiger partial charge < -0.3 is 14.8 Å². The maximum absolute atomic E-state index is 13.0. The van der Waals surface area contributed by atoms with E-state index in [1.807, 2.05) is 36.6 Å². The van der Waals surface area contributed by atoms with E-state index in [9.17, 15) is 14.4 Å². The van der Waals surface area contributed by atoms with Crippen LogP contribution >= 0.6 is 11.8 Å². The molecule has 154 valence electrons. The Hall–Kier alpha value is -3.13. The molecule has 4 rings (SSSR count). The zero-order chi connectivity index (χ0) is 21.3. The minimum absolute atomic E-state index is 0.0581. The summed E-state index contributed by atoms with van der Waals surface area (Å²) in [5.74, 6) is -0.198. The third kappa shape index (κ3) is 3.95. The molecule has 0 aliphatic carbocycles. The van der Waals surface area contributed by atoms with Gasteiger partial charge in [-0.15, -0.1) is 11.8 Å². The fourth-order valence-electron chi connectivity index (χ4n) is 3.72. The molecule has 2 amide bonds. The monoisotopic (exact) mass is 422 g/mol. The van der Waals surface area contributed by atoms with E-state index in [1.165, 1.54) is 4.90 Å². The van der Waals surface area contributed by atoms with Crippen LogP contribution in [0.3, 0.4) is 0 Å². The number of hydrogen-bond donors (Lipinski definition) is 1. The van der Waals surface area contributed by atoms with E-state index in [0.29, 0.717) is 23.3 Å². The van der Waals surface area contributed by atoms with Crippen molar-refractivity contribution < 1.29 is 9.59 Å². The first-order valence-electron chi connectivity index (χ1n) is 9.63. The summed E-state index contributed by atoms with van der Waals surface area (Å²) in [7, 11) is 1.67. The van der Waals surface area contributed by atoms with Crippen LogP contribution in [0.5, 0.6) is 0 Å². The highest BCUT2D eigenvalue weighted by atomic mass is 32.2. The Kier molecular flexibility index (Phi) is 5.59. The zero-order valence-corrected chi connectivity index (χ0v) is 17.6. The van der Waals surface area contributed by atoms with Crippen molar-refractivity contribution >= 4 is 40.2 Å². The lowest BCUT2D eigenvalue weighted by Gasteiger charge is -2.21. The highest BCUT2D eigenvalue weighted by Crippen LogP contribution is 2.29. The van der Waals surface area contributed by atoms with Gasteiger partial charge in [0.15, 0.2) is 0 Å². The summed E-state index contributed by atoms with van der Waals surface area (Å²) in [4.78, 5) is 49.2. The number of para-hydroxylation sites is 1. The van der Waals surface area contributed by atoms with Gasteiger partial charge in [-0.05, 0) is 36.6 Å². The summed E-state index contributed by atoms with van der Waals surface area (Å²) in [5, 5.41) is 0.514. The second-order valence-electron chi connectivity index (χ2n) is 7.33. The molecule has 2 heterocycles. The van der Waals surface area contributed by atoms with Crippen LogP contribution in [-0.4, -0.2) is 46.5 Å². The number of nitrogens with one attached hydrogen (secondary N) is 1. The molecule has 2 aromatic carbocycles. The van der Waals surface area contributed by atoms with Gasteiger partial charge in [-0.25, -0.2) is 4.98 Å². The summed E-state index contributed by atoms with van der Waals surface area (Å²) >= 11 is 1.61. The lowest BCUT2D eigenvalue weighted by molar-refractivity contribution is -0.135. The lowest BCUT2D eigenvalue weighted by atomic mass is 10.1. The van der Waals surface area contributed by atoms with Gasteiger partial charge in [0.25, 0.3) is 5.56 Å². The van der Waals surface area contributed by atoms with Crippen molar-refractivity contribution in [1.29, 1.82) is 0 Å². The van der Waals surface area contributed by atoms with Crippen molar-refractivity contribution in [3.8, 4) is 0 Å². The molecule has 1 atom stereocenters. The number of anilines is 1. The molecular formula is C22H22N4O3S. The number of carbonyl (C=O) groups is 2. The number of H-pyrrole nitrogens is 1. The number of fused-ring (bicyclic) bond motifs is 1. The van der Waals surface area contributed by atoms with Crippen LogP contribution in [0.1, 0.15) is 12.2 Å². The maximum atomic E-state index is 13.0. The summed E-state index contributed by atoms with van der Waals surface area (Å²) in [6.07, 6.45) is 2.16. The van der Waals surface area contributed by atoms with Gasteiger partial charge in [-0.1, -0.05) is 18.2 Å². The smallest absolute Gasteiger partial charge is 0.258 e. The van der Waals surface area contributed by atoms with E-state index in [2.05, 4.69) is 9.97 Å². The maximum Gasteiger partial charge on any atom is 0.258 e. The van der Waals surface area contributed by atoms with Crippen molar-refractivity contribution in [2.24, 2.45) is 5.92 Å². The van der Waals surface area contributed by atoms with E-state index in [0.717, 1.165) is 10.6 Å². The van der Waals surface area contributed by atoms with Crippen LogP contribution in [0.15, 0.2) is 58.2 Å². The summed E-state index contributed by atoms with van der Waals surface area (Å²) in [6, 6.07) is 14.8. The molecule has 1 saturated heterocycles. The van der Waals surface area contributed by atoms with E-state index in [4.69, 9.17) is 0 Å². The van der Waals surface area contributed by atoms with Gasteiger partial charge in [0, 0.05) is 30.6 Å². The molecule has 3 aromatic rings. The van der Waals surface area contributed by atoms with Crippen LogP contribution < -0.4 is 10.5 Å². The molecule has 30 heavy (non-hydrogen) atoms. The van der Waals surface area contributed by atoms with Gasteiger partial charge in [0.1, 0.15) is 5.82 Å². The standard InChI is InChI=1S/C22H22N4O3S/c1-25(13-19-23-18-9-4-3-8-17(18)21(28)24-19)22(29)14-10-20(27)26(12-14)15-6-5-7-16(11-15)30-2/h3-9,11,14H,10,12-13H2,1-2H3,(H,23,24,28)/t14-/m1/s1. The first kappa shape index (κ1) is 20.2. The van der Waals surface area contributed by atoms with E-state index >= 15 is 0 Å². The third-order valence-corrected chi connectivity index (χ3v) is 5.99. The number of amides is 2. The molecule has 1 aromatic heterocycles. The number of benzene rings is 2. The molecule has 0 bridgehead atoms. The Morgan fingerprint density at radius 2 is 2.03 bits per heavy atom. The van der Waals surface area contributed by atoms with Crippen molar-refractivity contribution in [2.45, 2.75) is 17.9 Å². The molecule has 1 N–H and O–H groups in total. The Bertz CT molecular complexity index is 1180. The lowest BCUT2D eigenvalue weighted by Crippen LogP contribution is -2.35. The first-order chi connectivity index (χ1) is 14.5. The van der Waals surface area contributed by atoms with E-state index in [1.54, 1.807) is 41.9 Å². The number of carbonyl (C=O) groups excluding carboxylic acids is 2. The molecule has 1 aliphatic heterocycles. The number of hydrogen-bond acceptors (Lipinski definition) is 5. The number of rotatable bonds is 5. The largest absolute Gasteiger partial charge is 0.338 e. The van der Waals surface area contributed by atoms with Gasteiger partial charge >= 0.3 is 0 Å². The predicted molar refractivity (Wildman–Crippen MR) is 118 cm³/mol. The number of thioether (sulfide) groups is 1. The van der Waals surface area contributed by atoms with Crippen LogP contribution in [-0.2, 0) is 16.1 Å². The Morgan fingerprint density at radius 3 is 2.83 bits per heavy atom. The van der Waals surface area contributed by atoms with Crippen molar-refractivity contribution in [2.75, 3.05) is 24.7 Å². The van der Waals surface area contributed by atoms with Crippen molar-refractivity contribution in [3.63, 3.8) is 0 Å². The average Bonchev–Trinajstić information content (AvgIpc) is 3.14. The Balaban J connectivity index is 1.48. The van der Waals surface area contributed by atoms with Crippen LogP contribution in [0, 0.1) is 5.92 Å². The fourth-order valence-corrected chi connectivity index (χ4v) is 4.18. The summed E-state index contributed by atoms with van der Waals surface area (Å²) < 4.78 is 0. The SMILES string of the molecule is CSc1cccc(N2C[C@H](C(=O)N(C)Cc3nc4ccccc4c(=O)[nH]3)CC2=O)c1. The predicted octanol–water partition coefficient (Wildman–Crippen LogP) is 2.66. The van der Waals surface area contributed by atoms with Gasteiger partial charge in [0.2, 0.25) is 11.8 Å². The highest BCUT2D eigenvalue weighted by Gasteiger charge is 2.36. The van der Waals surface area contributed by atoms with E-state index < -0.39 is 5.92 Å². The zero-order valence-electron chi connectivity index (χ0n) is 16.8. The van der Waals surface area contributed by atoms with Crippen LogP contribution in [0.25, 0.3) is 10.9 Å². The fraction of sp³-hybridized carbons (Fsp3) is 0.273. The average molecular weight is 423 g/mol. The van der Waals surface area contributed by atoms with Gasteiger partial charge in [-0.3, -0.25) is 14.4 Å².